The van der Waals surface area contributed by atoms with Gasteiger partial charge in [-0.1, -0.05) is 11.8 Å². The fourth-order valence-corrected chi connectivity index (χ4v) is 4.25. The monoisotopic (exact) mass is 465 g/mol. The molecule has 2 aliphatic heterocycles. The number of aliphatic hydroxyl groups excluding tert-OH is 2. The molecule has 180 valence electrons. The summed E-state index contributed by atoms with van der Waals surface area (Å²) in [5.41, 5.74) is -0.953. The highest BCUT2D eigenvalue weighted by atomic mass is 32.2. The first-order valence-corrected chi connectivity index (χ1v) is 11.6. The van der Waals surface area contributed by atoms with E-state index in [9.17, 15) is 19.8 Å². The van der Waals surface area contributed by atoms with Gasteiger partial charge in [-0.2, -0.15) is 0 Å². The van der Waals surface area contributed by atoms with E-state index in [-0.39, 0.29) is 23.7 Å². The third kappa shape index (κ3) is 8.58. The van der Waals surface area contributed by atoms with Crippen LogP contribution in [0.15, 0.2) is 0 Å². The topological polar surface area (TPSA) is 133 Å². The lowest BCUT2D eigenvalue weighted by molar-refractivity contribution is -0.226. The minimum Gasteiger partial charge on any atom is -0.388 e. The zero-order valence-electron chi connectivity index (χ0n) is 18.2. The molecule has 2 aliphatic rings. The van der Waals surface area contributed by atoms with Gasteiger partial charge in [-0.15, -0.1) is 0 Å². The number of rotatable bonds is 15. The first-order chi connectivity index (χ1) is 14.9. The van der Waals surface area contributed by atoms with Crippen LogP contribution >= 0.6 is 11.8 Å². The minimum atomic E-state index is -1.14. The number of thioether (sulfide) groups is 1. The van der Waals surface area contributed by atoms with Crippen molar-refractivity contribution in [2.75, 3.05) is 58.6 Å². The van der Waals surface area contributed by atoms with Crippen LogP contribution in [0.2, 0.25) is 0 Å². The van der Waals surface area contributed by atoms with E-state index in [4.69, 9.17) is 23.7 Å². The molecule has 10 nitrogen and oxygen atoms in total. The lowest BCUT2D eigenvalue weighted by Crippen LogP contribution is -2.65. The van der Waals surface area contributed by atoms with E-state index < -0.39 is 23.9 Å². The van der Waals surface area contributed by atoms with Gasteiger partial charge in [0, 0.05) is 19.6 Å². The first-order valence-electron chi connectivity index (χ1n) is 10.6. The van der Waals surface area contributed by atoms with E-state index in [1.165, 1.54) is 25.6 Å². The normalized spacial score (nSPS) is 29.8. The molecule has 2 saturated heterocycles. The van der Waals surface area contributed by atoms with Crippen LogP contribution in [-0.4, -0.2) is 110 Å². The Morgan fingerprint density at radius 3 is 2.16 bits per heavy atom. The average Bonchev–Trinajstić information content (AvgIpc) is 3.12. The Balaban J connectivity index is 1.48. The zero-order chi connectivity index (χ0) is 22.7. The Labute approximate surface area is 187 Å². The van der Waals surface area contributed by atoms with Crippen LogP contribution in [0, 0.1) is 0 Å². The summed E-state index contributed by atoms with van der Waals surface area (Å²) in [6.45, 7) is 6.07. The molecule has 0 radical (unpaired) electrons. The molecule has 0 aromatic heterocycles. The van der Waals surface area contributed by atoms with Gasteiger partial charge in [0.1, 0.15) is 17.8 Å². The van der Waals surface area contributed by atoms with Gasteiger partial charge in [-0.25, -0.2) is 0 Å². The van der Waals surface area contributed by atoms with Crippen molar-refractivity contribution in [2.45, 2.75) is 56.6 Å². The molecule has 2 bridgehead atoms. The van der Waals surface area contributed by atoms with E-state index in [0.29, 0.717) is 64.8 Å². The second kappa shape index (κ2) is 13.7. The van der Waals surface area contributed by atoms with Gasteiger partial charge in [0.25, 0.3) is 0 Å². The van der Waals surface area contributed by atoms with Crippen LogP contribution in [0.4, 0.5) is 0 Å². The van der Waals surface area contributed by atoms with E-state index in [2.05, 4.69) is 5.32 Å². The van der Waals surface area contributed by atoms with Gasteiger partial charge in [0.2, 0.25) is 5.91 Å². The lowest BCUT2D eigenvalue weighted by atomic mass is 9.88. The van der Waals surface area contributed by atoms with Crippen molar-refractivity contribution < 1.29 is 43.5 Å². The van der Waals surface area contributed by atoms with Crippen molar-refractivity contribution in [1.29, 1.82) is 0 Å². The summed E-state index contributed by atoms with van der Waals surface area (Å²) in [7, 11) is 0. The molecule has 5 atom stereocenters. The number of ether oxygens (including phenoxy) is 5. The summed E-state index contributed by atoms with van der Waals surface area (Å²) >= 11 is 1.24. The Morgan fingerprint density at radius 2 is 1.58 bits per heavy atom. The molecular formula is C20H35NO9S. The summed E-state index contributed by atoms with van der Waals surface area (Å²) in [6.07, 6.45) is -1.39. The molecule has 0 unspecified atom stereocenters. The van der Waals surface area contributed by atoms with Crippen LogP contribution in [0.1, 0.15) is 26.7 Å². The van der Waals surface area contributed by atoms with Gasteiger partial charge in [0.15, 0.2) is 5.12 Å². The number of aliphatic hydroxyl groups is 2. The molecule has 0 aromatic rings. The Hall–Kier alpha value is -0.790. The largest absolute Gasteiger partial charge is 0.388 e. The molecule has 2 fully saturated rings. The number of hydrogen-bond acceptors (Lipinski definition) is 10. The Bertz CT molecular complexity index is 567. The lowest BCUT2D eigenvalue weighted by Gasteiger charge is -2.44. The van der Waals surface area contributed by atoms with Gasteiger partial charge < -0.3 is 39.2 Å². The number of hydrogen-bond donors (Lipinski definition) is 3. The number of carbonyl (C=O) groups is 2. The maximum absolute atomic E-state index is 11.3. The second-order valence-electron chi connectivity index (χ2n) is 7.65. The molecule has 0 aromatic carbocycles. The Morgan fingerprint density at radius 1 is 1.00 bits per heavy atom. The first kappa shape index (κ1) is 26.5. The summed E-state index contributed by atoms with van der Waals surface area (Å²) in [5.74, 6) is 0.380. The van der Waals surface area contributed by atoms with Gasteiger partial charge in [-0.05, 0) is 12.8 Å². The van der Waals surface area contributed by atoms with Crippen LogP contribution < -0.4 is 5.32 Å². The van der Waals surface area contributed by atoms with Crippen molar-refractivity contribution in [3.63, 3.8) is 0 Å². The fourth-order valence-electron chi connectivity index (χ4n) is 3.76. The van der Waals surface area contributed by atoms with E-state index >= 15 is 0 Å². The SMILES string of the molecule is CC(=O)N[C@@H]1[C@@H](O)[C@@H](O)[C@]2(COCCOCCOCCOCCSC(C)=O)CC[C@H]1O2. The highest BCUT2D eigenvalue weighted by Gasteiger charge is 2.58. The minimum absolute atomic E-state index is 0.0868. The molecule has 0 saturated carbocycles. The second-order valence-corrected chi connectivity index (χ2v) is 8.92. The summed E-state index contributed by atoms with van der Waals surface area (Å²) in [5, 5.41) is 23.7. The van der Waals surface area contributed by atoms with E-state index in [1.807, 2.05) is 0 Å². The number of carbonyl (C=O) groups excluding carboxylic acids is 2. The predicted octanol–water partition coefficient (Wildman–Crippen LogP) is -0.510. The van der Waals surface area contributed by atoms with Crippen LogP contribution in [0.5, 0.6) is 0 Å². The maximum atomic E-state index is 11.3. The van der Waals surface area contributed by atoms with Gasteiger partial charge >= 0.3 is 0 Å². The maximum Gasteiger partial charge on any atom is 0.217 e. The van der Waals surface area contributed by atoms with E-state index in [1.54, 1.807) is 0 Å². The number of nitrogens with one attached hydrogen (secondary N) is 1. The molecule has 2 rings (SSSR count). The van der Waals surface area contributed by atoms with Crippen LogP contribution in [-0.2, 0) is 33.3 Å². The van der Waals surface area contributed by atoms with Crippen molar-refractivity contribution in [1.82, 2.24) is 5.32 Å². The smallest absolute Gasteiger partial charge is 0.217 e. The van der Waals surface area contributed by atoms with Crippen molar-refractivity contribution >= 4 is 22.8 Å². The third-order valence-corrected chi connectivity index (χ3v) is 6.01. The average molecular weight is 466 g/mol. The third-order valence-electron chi connectivity index (χ3n) is 5.23. The van der Waals surface area contributed by atoms with Crippen LogP contribution in [0.25, 0.3) is 0 Å². The number of fused-ring (bicyclic) bond motifs is 2. The zero-order valence-corrected chi connectivity index (χ0v) is 19.1. The predicted molar refractivity (Wildman–Crippen MR) is 113 cm³/mol. The quantitative estimate of drug-likeness (QED) is 0.272. The molecule has 0 aliphatic carbocycles. The molecule has 11 heteroatoms. The molecule has 2 heterocycles. The van der Waals surface area contributed by atoms with Gasteiger partial charge in [-0.3, -0.25) is 9.59 Å². The Kier molecular flexibility index (Phi) is 11.7. The van der Waals surface area contributed by atoms with Gasteiger partial charge in [0.05, 0.1) is 65.0 Å². The number of amides is 1. The summed E-state index contributed by atoms with van der Waals surface area (Å²) in [4.78, 5) is 22.1. The van der Waals surface area contributed by atoms with E-state index in [0.717, 1.165) is 0 Å². The van der Waals surface area contributed by atoms with Crippen molar-refractivity contribution in [3.05, 3.63) is 0 Å². The fraction of sp³-hybridized carbons (Fsp3) is 0.900. The summed E-state index contributed by atoms with van der Waals surface area (Å²) < 4.78 is 27.8. The standard InChI is InChI=1S/C20H35NO9S/c1-14(22)21-17-16-3-4-20(30-16,19(25)18(17)24)13-29-10-9-27-6-5-26-7-8-28-11-12-31-15(2)23/h16-19,24-25H,3-13H2,1-2H3,(H,21,22)/t16-,17+,18-,19-,20-/m1/s1. The molecule has 3 N–H and O–H groups in total. The highest BCUT2D eigenvalue weighted by Crippen LogP contribution is 2.42. The van der Waals surface area contributed by atoms with Crippen LogP contribution in [0.3, 0.4) is 0 Å². The van der Waals surface area contributed by atoms with Crippen molar-refractivity contribution in [3.8, 4) is 0 Å². The molecule has 31 heavy (non-hydrogen) atoms. The molecule has 1 amide bonds. The highest BCUT2D eigenvalue weighted by molar-refractivity contribution is 8.13. The molecule has 0 spiro atoms. The molecular weight excluding hydrogens is 430 g/mol. The summed E-state index contributed by atoms with van der Waals surface area (Å²) in [6, 6.07) is -0.615. The van der Waals surface area contributed by atoms with Crippen molar-refractivity contribution in [2.24, 2.45) is 0 Å².